The Bertz CT molecular complexity index is 1250. The molecule has 0 unspecified atom stereocenters. The van der Waals surface area contributed by atoms with Crippen LogP contribution in [-0.4, -0.2) is 68.8 Å². The van der Waals surface area contributed by atoms with E-state index in [2.05, 4.69) is 56.3 Å². The number of likely N-dealkylation sites (tertiary alicyclic amines) is 1. The number of hydrogen-bond acceptors (Lipinski definition) is 8. The Morgan fingerprint density at radius 1 is 1.06 bits per heavy atom. The molecule has 2 saturated heterocycles. The Balaban J connectivity index is 1.05. The number of carbonyl (C=O) groups is 1. The first-order valence-corrected chi connectivity index (χ1v) is 12.5. The van der Waals surface area contributed by atoms with Crippen LogP contribution in [0.2, 0.25) is 0 Å². The van der Waals surface area contributed by atoms with E-state index < -0.39 is 0 Å². The van der Waals surface area contributed by atoms with Gasteiger partial charge in [-0.05, 0) is 97.8 Å². The summed E-state index contributed by atoms with van der Waals surface area (Å²) in [4.78, 5) is 21.7. The van der Waals surface area contributed by atoms with Gasteiger partial charge in [0, 0.05) is 36.6 Å². The van der Waals surface area contributed by atoms with Crippen molar-refractivity contribution in [1.29, 1.82) is 0 Å². The molecule has 9 nitrogen and oxygen atoms in total. The average molecular weight is 474 g/mol. The van der Waals surface area contributed by atoms with Gasteiger partial charge in [-0.3, -0.25) is 0 Å². The summed E-state index contributed by atoms with van der Waals surface area (Å²) >= 11 is 0. The van der Waals surface area contributed by atoms with E-state index in [0.717, 1.165) is 61.8 Å². The second kappa shape index (κ2) is 8.71. The van der Waals surface area contributed by atoms with Gasteiger partial charge in [-0.1, -0.05) is 6.07 Å². The Hall–Kier alpha value is -3.33. The van der Waals surface area contributed by atoms with Gasteiger partial charge in [-0.2, -0.15) is 4.68 Å². The number of aryl methyl sites for hydroxylation is 1. The van der Waals surface area contributed by atoms with Gasteiger partial charge in [-0.25, -0.2) is 9.78 Å². The van der Waals surface area contributed by atoms with Gasteiger partial charge in [0.05, 0.1) is 5.56 Å². The van der Waals surface area contributed by atoms with Crippen molar-refractivity contribution in [3.63, 3.8) is 0 Å². The van der Waals surface area contributed by atoms with Crippen molar-refractivity contribution in [3.05, 3.63) is 58.5 Å². The molecule has 0 aliphatic carbocycles. The van der Waals surface area contributed by atoms with E-state index in [0.29, 0.717) is 12.0 Å². The zero-order valence-corrected chi connectivity index (χ0v) is 20.4. The number of ether oxygens (including phenoxy) is 1. The van der Waals surface area contributed by atoms with E-state index >= 15 is 0 Å². The van der Waals surface area contributed by atoms with Crippen molar-refractivity contribution in [2.45, 2.75) is 46.1 Å². The highest BCUT2D eigenvalue weighted by atomic mass is 16.5. The summed E-state index contributed by atoms with van der Waals surface area (Å²) in [5, 5.41) is 11.3. The van der Waals surface area contributed by atoms with Gasteiger partial charge < -0.3 is 14.5 Å². The zero-order chi connectivity index (χ0) is 24.0. The molecule has 0 amide bonds. The normalized spacial score (nSPS) is 19.4. The summed E-state index contributed by atoms with van der Waals surface area (Å²) in [6.07, 6.45) is 6.29. The molecule has 0 atom stereocenters. The fourth-order valence-electron chi connectivity index (χ4n) is 5.99. The van der Waals surface area contributed by atoms with E-state index in [4.69, 9.17) is 4.74 Å². The number of aromatic nitrogens is 5. The van der Waals surface area contributed by atoms with Gasteiger partial charge >= 0.3 is 5.97 Å². The number of carbonyl (C=O) groups excluding carboxylic acids is 1. The molecule has 0 saturated carbocycles. The van der Waals surface area contributed by atoms with E-state index in [1.54, 1.807) is 11.0 Å². The third-order valence-corrected chi connectivity index (χ3v) is 8.29. The molecule has 5 heterocycles. The summed E-state index contributed by atoms with van der Waals surface area (Å²) in [5.41, 5.74) is 7.01. The minimum Gasteiger partial charge on any atom is -0.457 e. The van der Waals surface area contributed by atoms with Crippen LogP contribution in [0, 0.1) is 19.3 Å². The highest BCUT2D eigenvalue weighted by Crippen LogP contribution is 2.43. The maximum absolute atomic E-state index is 11.9. The quantitative estimate of drug-likeness (QED) is 0.523. The molecule has 2 fully saturated rings. The lowest BCUT2D eigenvalue weighted by atomic mass is 9.77. The second-order valence-corrected chi connectivity index (χ2v) is 10.2. The minimum absolute atomic E-state index is 0.186. The molecule has 35 heavy (non-hydrogen) atoms. The number of pyridine rings is 1. The number of anilines is 1. The number of cyclic esters (lactones) is 1. The van der Waals surface area contributed by atoms with Crippen molar-refractivity contribution >= 4 is 11.7 Å². The number of hydrogen-bond donors (Lipinski definition) is 0. The molecule has 1 aromatic carbocycles. The minimum atomic E-state index is -0.186. The molecule has 0 bridgehead atoms. The zero-order valence-electron chi connectivity index (χ0n) is 20.4. The Labute approximate surface area is 205 Å². The number of benzene rings is 1. The summed E-state index contributed by atoms with van der Waals surface area (Å²) < 4.78 is 6.84. The van der Waals surface area contributed by atoms with E-state index in [1.807, 2.05) is 12.1 Å². The molecule has 182 valence electrons. The van der Waals surface area contributed by atoms with Gasteiger partial charge in [0.25, 0.3) is 0 Å². The lowest BCUT2D eigenvalue weighted by Crippen LogP contribution is -2.42. The van der Waals surface area contributed by atoms with Crippen molar-refractivity contribution in [3.8, 4) is 5.82 Å². The Morgan fingerprint density at radius 2 is 1.89 bits per heavy atom. The molecule has 6 rings (SSSR count). The summed E-state index contributed by atoms with van der Waals surface area (Å²) in [7, 11) is 0. The maximum Gasteiger partial charge on any atom is 0.338 e. The molecule has 3 aliphatic rings. The molecule has 0 radical (unpaired) electrons. The van der Waals surface area contributed by atoms with Crippen molar-refractivity contribution in [2.24, 2.45) is 5.41 Å². The highest BCUT2D eigenvalue weighted by molar-refractivity contribution is 5.94. The lowest BCUT2D eigenvalue weighted by molar-refractivity contribution is 0.0535. The summed E-state index contributed by atoms with van der Waals surface area (Å²) in [5.74, 6) is 0.564. The first-order chi connectivity index (χ1) is 17.0. The second-order valence-electron chi connectivity index (χ2n) is 10.2. The number of fused-ring (bicyclic) bond motifs is 1. The van der Waals surface area contributed by atoms with E-state index in [-0.39, 0.29) is 5.97 Å². The maximum atomic E-state index is 11.9. The van der Waals surface area contributed by atoms with Gasteiger partial charge in [-0.15, -0.1) is 5.10 Å². The number of nitrogens with zero attached hydrogens (tertiary/aromatic N) is 7. The predicted molar refractivity (Wildman–Crippen MR) is 131 cm³/mol. The molecular weight excluding hydrogens is 442 g/mol. The van der Waals surface area contributed by atoms with Crippen LogP contribution in [0.1, 0.15) is 52.0 Å². The summed E-state index contributed by atoms with van der Waals surface area (Å²) in [6.45, 7) is 10.2. The van der Waals surface area contributed by atoms with Crippen molar-refractivity contribution in [1.82, 2.24) is 30.1 Å². The van der Waals surface area contributed by atoms with Crippen molar-refractivity contribution < 1.29 is 9.53 Å². The van der Waals surface area contributed by atoms with Crippen LogP contribution in [0.5, 0.6) is 0 Å². The largest absolute Gasteiger partial charge is 0.457 e. The number of rotatable bonds is 5. The third kappa shape index (κ3) is 4.07. The van der Waals surface area contributed by atoms with E-state index in [9.17, 15) is 4.79 Å². The third-order valence-electron chi connectivity index (χ3n) is 8.29. The molecule has 0 N–H and O–H groups in total. The van der Waals surface area contributed by atoms with Gasteiger partial charge in [0.15, 0.2) is 5.82 Å². The molecule has 9 heteroatoms. The molecule has 2 aromatic heterocycles. The van der Waals surface area contributed by atoms with E-state index in [1.165, 1.54) is 36.1 Å². The fraction of sp³-hybridized carbons (Fsp3) is 0.500. The SMILES string of the molecule is Cc1nc(-n2cnnn2)ccc1CCN1CCC2(CC1)CCN(c1ccc3c(c1C)COC3=O)C2. The number of piperidine rings is 1. The molecule has 3 aromatic rings. The standard InChI is InChI=1S/C26H31N7O2/c1-18-22-15-35-25(34)21(22)4-5-23(18)32-14-10-26(16-32)8-12-31(13-9-26)11-7-20-3-6-24(28-19(20)2)33-17-27-29-30-33/h3-6,17H,7-16H2,1-2H3. The van der Waals surface area contributed by atoms with Crippen LogP contribution in [0.25, 0.3) is 5.82 Å². The van der Waals surface area contributed by atoms with Gasteiger partial charge in [0.2, 0.25) is 0 Å². The van der Waals surface area contributed by atoms with Crippen LogP contribution >= 0.6 is 0 Å². The molecule has 3 aliphatic heterocycles. The average Bonchev–Trinajstić information content (AvgIpc) is 3.62. The van der Waals surface area contributed by atoms with Crippen LogP contribution in [0.3, 0.4) is 0 Å². The molecule has 1 spiro atoms. The lowest BCUT2D eigenvalue weighted by Gasteiger charge is -2.39. The number of tetrazole rings is 1. The smallest absolute Gasteiger partial charge is 0.338 e. The van der Waals surface area contributed by atoms with Crippen LogP contribution < -0.4 is 4.90 Å². The fourth-order valence-corrected chi connectivity index (χ4v) is 5.99. The Kier molecular flexibility index (Phi) is 5.51. The summed E-state index contributed by atoms with van der Waals surface area (Å²) in [6, 6.07) is 8.21. The van der Waals surface area contributed by atoms with Crippen LogP contribution in [-0.2, 0) is 17.8 Å². The van der Waals surface area contributed by atoms with Gasteiger partial charge in [0.1, 0.15) is 12.9 Å². The monoisotopic (exact) mass is 473 g/mol. The first-order valence-electron chi connectivity index (χ1n) is 12.5. The first kappa shape index (κ1) is 22.2. The Morgan fingerprint density at radius 3 is 2.66 bits per heavy atom. The number of esters is 1. The predicted octanol–water partition coefficient (Wildman–Crippen LogP) is 2.88. The highest BCUT2D eigenvalue weighted by Gasteiger charge is 2.41. The van der Waals surface area contributed by atoms with Crippen LogP contribution in [0.4, 0.5) is 5.69 Å². The van der Waals surface area contributed by atoms with Crippen molar-refractivity contribution in [2.75, 3.05) is 37.6 Å². The molecular formula is C26H31N7O2. The van der Waals surface area contributed by atoms with Crippen LogP contribution in [0.15, 0.2) is 30.6 Å². The topological polar surface area (TPSA) is 89.3 Å².